The summed E-state index contributed by atoms with van der Waals surface area (Å²) in [5, 5.41) is 3.18. The third-order valence-corrected chi connectivity index (χ3v) is 3.72. The van der Waals surface area contributed by atoms with Crippen LogP contribution in [0.2, 0.25) is 5.02 Å². The number of para-hydroxylation sites is 2. The van der Waals surface area contributed by atoms with Crippen LogP contribution in [-0.2, 0) is 11.3 Å². The van der Waals surface area contributed by atoms with Crippen molar-refractivity contribution in [3.8, 4) is 5.75 Å². The molecule has 21 heavy (non-hydrogen) atoms. The van der Waals surface area contributed by atoms with Gasteiger partial charge in [-0.05, 0) is 34.1 Å². The molecule has 1 amide bonds. The zero-order chi connectivity index (χ0) is 15.2. The Morgan fingerprint density at radius 1 is 1.24 bits per heavy atom. The number of nitrogens with two attached hydrogens (primary N) is 1. The van der Waals surface area contributed by atoms with E-state index in [0.717, 1.165) is 10.0 Å². The zero-order valence-corrected chi connectivity index (χ0v) is 13.4. The minimum absolute atomic E-state index is 0.124. The van der Waals surface area contributed by atoms with Crippen LogP contribution in [0.15, 0.2) is 46.9 Å². The van der Waals surface area contributed by atoms with Crippen LogP contribution < -0.4 is 15.8 Å². The molecule has 110 valence electrons. The summed E-state index contributed by atoms with van der Waals surface area (Å²) in [5.41, 5.74) is 7.03. The molecule has 0 unspecified atom stereocenters. The maximum absolute atomic E-state index is 11.9. The first-order valence-corrected chi connectivity index (χ1v) is 7.43. The smallest absolute Gasteiger partial charge is 0.262 e. The second-order valence-electron chi connectivity index (χ2n) is 4.25. The highest BCUT2D eigenvalue weighted by Crippen LogP contribution is 2.29. The van der Waals surface area contributed by atoms with Crippen molar-refractivity contribution in [1.29, 1.82) is 0 Å². The molecule has 0 aliphatic carbocycles. The van der Waals surface area contributed by atoms with Gasteiger partial charge >= 0.3 is 0 Å². The van der Waals surface area contributed by atoms with E-state index in [2.05, 4.69) is 21.2 Å². The van der Waals surface area contributed by atoms with Crippen molar-refractivity contribution >= 4 is 39.1 Å². The molecule has 4 nitrogen and oxygen atoms in total. The van der Waals surface area contributed by atoms with Crippen LogP contribution in [0, 0.1) is 0 Å². The molecule has 0 fully saturated rings. The van der Waals surface area contributed by atoms with E-state index in [4.69, 9.17) is 22.1 Å². The fourth-order valence-electron chi connectivity index (χ4n) is 1.76. The number of hydrogen-bond acceptors (Lipinski definition) is 3. The molecule has 6 heteroatoms. The Kier molecular flexibility index (Phi) is 5.61. The predicted octanol–water partition coefficient (Wildman–Crippen LogP) is 3.58. The normalized spacial score (nSPS) is 10.2. The quantitative estimate of drug-likeness (QED) is 0.846. The number of carbonyl (C=O) groups excluding carboxylic acids is 1. The maximum Gasteiger partial charge on any atom is 0.262 e. The second kappa shape index (κ2) is 7.45. The number of amides is 1. The highest BCUT2D eigenvalue weighted by atomic mass is 79.9. The minimum Gasteiger partial charge on any atom is -0.482 e. The van der Waals surface area contributed by atoms with Crippen molar-refractivity contribution in [1.82, 2.24) is 0 Å². The number of benzene rings is 2. The van der Waals surface area contributed by atoms with Crippen LogP contribution in [-0.4, -0.2) is 12.5 Å². The molecule has 0 aliphatic rings. The lowest BCUT2D eigenvalue weighted by molar-refractivity contribution is -0.118. The summed E-state index contributed by atoms with van der Waals surface area (Å²) >= 11 is 9.36. The van der Waals surface area contributed by atoms with E-state index in [1.165, 1.54) is 0 Å². The average molecular weight is 370 g/mol. The van der Waals surface area contributed by atoms with Gasteiger partial charge in [0.15, 0.2) is 6.61 Å². The van der Waals surface area contributed by atoms with Gasteiger partial charge in [0.2, 0.25) is 0 Å². The minimum atomic E-state index is -0.290. The summed E-state index contributed by atoms with van der Waals surface area (Å²) in [6.45, 7) is 0.210. The number of rotatable bonds is 5. The fraction of sp³-hybridized carbons (Fsp3) is 0.133. The van der Waals surface area contributed by atoms with Crippen molar-refractivity contribution in [2.75, 3.05) is 11.9 Å². The van der Waals surface area contributed by atoms with Gasteiger partial charge in [0.25, 0.3) is 5.91 Å². The number of ether oxygens (including phenoxy) is 1. The molecule has 0 saturated carbocycles. The first-order chi connectivity index (χ1) is 10.1. The predicted molar refractivity (Wildman–Crippen MR) is 87.6 cm³/mol. The van der Waals surface area contributed by atoms with Crippen LogP contribution in [0.25, 0.3) is 0 Å². The lowest BCUT2D eigenvalue weighted by Crippen LogP contribution is -2.21. The van der Waals surface area contributed by atoms with Gasteiger partial charge in [-0.1, -0.05) is 35.9 Å². The number of anilines is 1. The summed E-state index contributed by atoms with van der Waals surface area (Å²) in [5.74, 6) is 0.288. The highest BCUT2D eigenvalue weighted by Gasteiger charge is 2.10. The molecule has 0 saturated heterocycles. The third kappa shape index (κ3) is 4.20. The lowest BCUT2D eigenvalue weighted by atomic mass is 10.2. The topological polar surface area (TPSA) is 64.3 Å². The van der Waals surface area contributed by atoms with Gasteiger partial charge < -0.3 is 15.8 Å². The summed E-state index contributed by atoms with van der Waals surface area (Å²) in [7, 11) is 0. The maximum atomic E-state index is 11.9. The lowest BCUT2D eigenvalue weighted by Gasteiger charge is -2.12. The molecule has 2 rings (SSSR count). The van der Waals surface area contributed by atoms with Gasteiger partial charge in [-0.3, -0.25) is 4.79 Å². The first-order valence-electron chi connectivity index (χ1n) is 6.26. The van der Waals surface area contributed by atoms with Gasteiger partial charge in [0.1, 0.15) is 5.75 Å². The van der Waals surface area contributed by atoms with E-state index in [1.54, 1.807) is 24.3 Å². The Morgan fingerprint density at radius 2 is 2.00 bits per heavy atom. The van der Waals surface area contributed by atoms with Gasteiger partial charge in [0.05, 0.1) is 15.2 Å². The van der Waals surface area contributed by atoms with Crippen LogP contribution in [0.3, 0.4) is 0 Å². The van der Waals surface area contributed by atoms with Crippen molar-refractivity contribution < 1.29 is 9.53 Å². The highest BCUT2D eigenvalue weighted by molar-refractivity contribution is 9.10. The molecule has 0 heterocycles. The third-order valence-electron chi connectivity index (χ3n) is 2.76. The molecule has 0 bridgehead atoms. The van der Waals surface area contributed by atoms with Crippen LogP contribution >= 0.6 is 27.5 Å². The fourth-order valence-corrected chi connectivity index (χ4v) is 2.47. The number of hydrogen-bond donors (Lipinski definition) is 2. The van der Waals surface area contributed by atoms with Gasteiger partial charge in [-0.15, -0.1) is 0 Å². The van der Waals surface area contributed by atoms with E-state index in [0.29, 0.717) is 23.0 Å². The number of carbonyl (C=O) groups is 1. The molecule has 2 aromatic carbocycles. The van der Waals surface area contributed by atoms with Crippen molar-refractivity contribution in [3.63, 3.8) is 0 Å². The van der Waals surface area contributed by atoms with E-state index in [-0.39, 0.29) is 12.5 Å². The molecule has 0 aliphatic heterocycles. The zero-order valence-electron chi connectivity index (χ0n) is 11.1. The molecule has 2 aromatic rings. The van der Waals surface area contributed by atoms with Crippen molar-refractivity contribution in [3.05, 3.63) is 57.5 Å². The largest absolute Gasteiger partial charge is 0.482 e. The summed E-state index contributed by atoms with van der Waals surface area (Å²) in [6.07, 6.45) is 0. The molecule has 0 aromatic heterocycles. The Bertz CT molecular complexity index is 649. The van der Waals surface area contributed by atoms with E-state index >= 15 is 0 Å². The molecule has 3 N–H and O–H groups in total. The molecule has 0 spiro atoms. The van der Waals surface area contributed by atoms with Crippen LogP contribution in [0.5, 0.6) is 5.75 Å². The molecular formula is C15H14BrClN2O2. The van der Waals surface area contributed by atoms with Gasteiger partial charge in [-0.2, -0.15) is 0 Å². The Balaban J connectivity index is 2.01. The van der Waals surface area contributed by atoms with Gasteiger partial charge in [0, 0.05) is 12.1 Å². The molecule has 0 radical (unpaired) electrons. The Labute approximate surface area is 136 Å². The number of nitrogens with one attached hydrogen (secondary N) is 1. The van der Waals surface area contributed by atoms with Crippen LogP contribution in [0.4, 0.5) is 5.69 Å². The second-order valence-corrected chi connectivity index (χ2v) is 5.51. The first kappa shape index (κ1) is 15.8. The molecular weight excluding hydrogens is 356 g/mol. The van der Waals surface area contributed by atoms with Crippen LogP contribution in [0.1, 0.15) is 5.56 Å². The molecule has 0 atom stereocenters. The Hall–Kier alpha value is -1.56. The average Bonchev–Trinajstić information content (AvgIpc) is 2.48. The van der Waals surface area contributed by atoms with Crippen molar-refractivity contribution in [2.45, 2.75) is 6.54 Å². The SMILES string of the molecule is NCc1cccc(Br)c1OCC(=O)Nc1ccccc1Cl. The summed E-state index contributed by atoms with van der Waals surface area (Å²) in [6, 6.07) is 12.6. The van der Waals surface area contributed by atoms with Gasteiger partial charge in [-0.25, -0.2) is 0 Å². The van der Waals surface area contributed by atoms with E-state index in [9.17, 15) is 4.79 Å². The van der Waals surface area contributed by atoms with E-state index in [1.807, 2.05) is 18.2 Å². The Morgan fingerprint density at radius 3 is 2.71 bits per heavy atom. The van der Waals surface area contributed by atoms with E-state index < -0.39 is 0 Å². The summed E-state index contributed by atoms with van der Waals surface area (Å²) < 4.78 is 6.31. The summed E-state index contributed by atoms with van der Waals surface area (Å²) in [4.78, 5) is 11.9. The standard InChI is InChI=1S/C15H14BrClN2O2/c16-11-5-3-4-10(8-18)15(11)21-9-14(20)19-13-7-2-1-6-12(13)17/h1-7H,8-9,18H2,(H,19,20). The van der Waals surface area contributed by atoms with Crippen molar-refractivity contribution in [2.24, 2.45) is 5.73 Å². The monoisotopic (exact) mass is 368 g/mol. The number of halogens is 2.